The highest BCUT2D eigenvalue weighted by Gasteiger charge is 2.07. The Morgan fingerprint density at radius 3 is 3.12 bits per heavy atom. The smallest absolute Gasteiger partial charge is 0.171 e. The zero-order valence-corrected chi connectivity index (χ0v) is 12.1. The van der Waals surface area contributed by atoms with E-state index in [2.05, 4.69) is 27.6 Å². The van der Waals surface area contributed by atoms with Gasteiger partial charge in [0.25, 0.3) is 0 Å². The fraction of sp³-hybridized carbons (Fsp3) is 0.364. The molecular formula is C11H13IN2O2S. The molecule has 1 N–H and O–H groups in total. The van der Waals surface area contributed by atoms with Gasteiger partial charge in [-0.05, 0) is 34.0 Å². The lowest BCUT2D eigenvalue weighted by atomic mass is 10.4. The average molecular weight is 364 g/mol. The summed E-state index contributed by atoms with van der Waals surface area (Å²) in [5, 5.41) is 11.8. The first kappa shape index (κ1) is 13.0. The van der Waals surface area contributed by atoms with Crippen LogP contribution >= 0.6 is 33.9 Å². The minimum Gasteiger partial charge on any atom is -0.389 e. The lowest BCUT2D eigenvalue weighted by Gasteiger charge is -2.12. The molecule has 0 fully saturated rings. The molecule has 0 aliphatic rings. The summed E-state index contributed by atoms with van der Waals surface area (Å²) >= 11 is 3.80. The van der Waals surface area contributed by atoms with Gasteiger partial charge < -0.3 is 14.4 Å². The highest BCUT2D eigenvalue weighted by atomic mass is 127. The fourth-order valence-electron chi connectivity index (χ4n) is 1.42. The minimum absolute atomic E-state index is 0.339. The van der Waals surface area contributed by atoms with Crippen molar-refractivity contribution < 1.29 is 9.84 Å². The molecule has 0 aliphatic heterocycles. The number of rotatable bonds is 6. The molecule has 0 bridgehead atoms. The largest absolute Gasteiger partial charge is 0.389 e. The van der Waals surface area contributed by atoms with E-state index >= 15 is 0 Å². The van der Waals surface area contributed by atoms with Gasteiger partial charge in [-0.25, -0.2) is 4.98 Å². The number of thiophene rings is 1. The van der Waals surface area contributed by atoms with Gasteiger partial charge in [-0.15, -0.1) is 11.3 Å². The molecule has 0 aromatic carbocycles. The Hall–Kier alpha value is -0.440. The van der Waals surface area contributed by atoms with Crippen LogP contribution in [0.25, 0.3) is 0 Å². The fourth-order valence-corrected chi connectivity index (χ4v) is 2.58. The average Bonchev–Trinajstić information content (AvgIpc) is 2.92. The van der Waals surface area contributed by atoms with Gasteiger partial charge in [-0.2, -0.15) is 0 Å². The van der Waals surface area contributed by atoms with Gasteiger partial charge >= 0.3 is 0 Å². The Morgan fingerprint density at radius 1 is 1.59 bits per heavy atom. The van der Waals surface area contributed by atoms with Crippen molar-refractivity contribution in [2.45, 2.75) is 19.3 Å². The molecule has 0 saturated carbocycles. The van der Waals surface area contributed by atoms with E-state index in [1.807, 2.05) is 28.3 Å². The van der Waals surface area contributed by atoms with E-state index in [0.717, 1.165) is 3.83 Å². The molecule has 2 rings (SSSR count). The van der Waals surface area contributed by atoms with Crippen LogP contribution in [0.1, 0.15) is 4.88 Å². The van der Waals surface area contributed by atoms with Crippen LogP contribution < -0.4 is 0 Å². The quantitative estimate of drug-likeness (QED) is 0.799. The molecule has 2 heterocycles. The molecule has 2 aromatic rings. The predicted octanol–water partition coefficient (Wildman–Crippen LogP) is 2.13. The van der Waals surface area contributed by atoms with Crippen molar-refractivity contribution in [2.75, 3.05) is 6.61 Å². The summed E-state index contributed by atoms with van der Waals surface area (Å²) in [5.74, 6) is 0. The van der Waals surface area contributed by atoms with E-state index in [4.69, 9.17) is 4.74 Å². The Labute approximate surface area is 117 Å². The van der Waals surface area contributed by atoms with Gasteiger partial charge in [-0.3, -0.25) is 0 Å². The van der Waals surface area contributed by atoms with Crippen molar-refractivity contribution in [1.29, 1.82) is 0 Å². The molecule has 6 heteroatoms. The third-order valence-electron chi connectivity index (χ3n) is 2.21. The predicted molar refractivity (Wildman–Crippen MR) is 74.9 cm³/mol. The summed E-state index contributed by atoms with van der Waals surface area (Å²) in [6, 6.07) is 4.02. The van der Waals surface area contributed by atoms with Gasteiger partial charge in [0.1, 0.15) is 0 Å². The summed E-state index contributed by atoms with van der Waals surface area (Å²) in [4.78, 5) is 5.27. The van der Waals surface area contributed by atoms with E-state index in [-0.39, 0.29) is 0 Å². The van der Waals surface area contributed by atoms with Gasteiger partial charge in [0, 0.05) is 17.3 Å². The Balaban J connectivity index is 1.71. The van der Waals surface area contributed by atoms with Crippen LogP contribution in [0.2, 0.25) is 0 Å². The minimum atomic E-state index is -0.502. The molecular weight excluding hydrogens is 351 g/mol. The zero-order chi connectivity index (χ0) is 12.1. The molecule has 17 heavy (non-hydrogen) atoms. The van der Waals surface area contributed by atoms with Crippen LogP contribution in [0.4, 0.5) is 0 Å². The molecule has 0 saturated heterocycles. The summed E-state index contributed by atoms with van der Waals surface area (Å²) in [6.07, 6.45) is 3.07. The standard InChI is InChI=1S/C11H13IN2O2S/c12-11-13-3-4-14(11)6-9(15)7-16-8-10-2-1-5-17-10/h1-5,9,15H,6-8H2/t9-/m0/s1. The Morgan fingerprint density at radius 2 is 2.47 bits per heavy atom. The number of halogens is 1. The number of ether oxygens (including phenoxy) is 1. The van der Waals surface area contributed by atoms with Gasteiger partial charge in [-0.1, -0.05) is 6.07 Å². The number of hydrogen-bond acceptors (Lipinski definition) is 4. The second-order valence-electron chi connectivity index (χ2n) is 3.60. The van der Waals surface area contributed by atoms with Crippen molar-refractivity contribution in [2.24, 2.45) is 0 Å². The van der Waals surface area contributed by atoms with Crippen molar-refractivity contribution in [3.8, 4) is 0 Å². The third kappa shape index (κ3) is 4.06. The highest BCUT2D eigenvalue weighted by molar-refractivity contribution is 14.1. The lowest BCUT2D eigenvalue weighted by molar-refractivity contribution is 0.0209. The Kier molecular flexibility index (Phi) is 4.96. The van der Waals surface area contributed by atoms with Crippen LogP contribution in [0, 0.1) is 3.83 Å². The summed E-state index contributed by atoms with van der Waals surface area (Å²) in [7, 11) is 0. The maximum absolute atomic E-state index is 9.80. The maximum atomic E-state index is 9.80. The van der Waals surface area contributed by atoms with E-state index in [9.17, 15) is 5.11 Å². The highest BCUT2D eigenvalue weighted by Crippen LogP contribution is 2.10. The van der Waals surface area contributed by atoms with Gasteiger partial charge in [0.05, 0.1) is 25.9 Å². The monoisotopic (exact) mass is 364 g/mol. The molecule has 0 radical (unpaired) electrons. The second kappa shape index (κ2) is 6.48. The molecule has 1 atom stereocenters. The van der Waals surface area contributed by atoms with Gasteiger partial charge in [0.15, 0.2) is 3.83 Å². The number of hydrogen-bond donors (Lipinski definition) is 1. The van der Waals surface area contributed by atoms with E-state index in [0.29, 0.717) is 19.8 Å². The van der Waals surface area contributed by atoms with E-state index in [1.165, 1.54) is 4.88 Å². The molecule has 0 spiro atoms. The molecule has 0 unspecified atom stereocenters. The van der Waals surface area contributed by atoms with Gasteiger partial charge in [0.2, 0.25) is 0 Å². The molecule has 0 aliphatic carbocycles. The first-order valence-electron chi connectivity index (χ1n) is 5.20. The third-order valence-corrected chi connectivity index (χ3v) is 3.95. The molecule has 2 aromatic heterocycles. The van der Waals surface area contributed by atoms with E-state index in [1.54, 1.807) is 17.5 Å². The van der Waals surface area contributed by atoms with Crippen molar-refractivity contribution in [1.82, 2.24) is 9.55 Å². The maximum Gasteiger partial charge on any atom is 0.171 e. The van der Waals surface area contributed by atoms with E-state index < -0.39 is 6.10 Å². The number of aliphatic hydroxyl groups excluding tert-OH is 1. The van der Waals surface area contributed by atoms with Crippen LogP contribution in [0.15, 0.2) is 29.9 Å². The summed E-state index contributed by atoms with van der Waals surface area (Å²) < 4.78 is 8.23. The lowest BCUT2D eigenvalue weighted by Crippen LogP contribution is -2.22. The number of aromatic nitrogens is 2. The van der Waals surface area contributed by atoms with Crippen LogP contribution in [0.3, 0.4) is 0 Å². The Bertz CT molecular complexity index is 444. The first-order chi connectivity index (χ1) is 8.25. The summed E-state index contributed by atoms with van der Waals surface area (Å²) in [6.45, 7) is 1.42. The number of nitrogens with zero attached hydrogens (tertiary/aromatic N) is 2. The first-order valence-corrected chi connectivity index (χ1v) is 7.16. The van der Waals surface area contributed by atoms with Crippen LogP contribution in [0.5, 0.6) is 0 Å². The summed E-state index contributed by atoms with van der Waals surface area (Å²) in [5.41, 5.74) is 0. The number of imidazole rings is 1. The van der Waals surface area contributed by atoms with Crippen LogP contribution in [-0.4, -0.2) is 27.4 Å². The van der Waals surface area contributed by atoms with Crippen molar-refractivity contribution in [3.63, 3.8) is 0 Å². The zero-order valence-electron chi connectivity index (χ0n) is 9.12. The topological polar surface area (TPSA) is 47.3 Å². The normalized spacial score (nSPS) is 12.8. The van der Waals surface area contributed by atoms with Crippen LogP contribution in [-0.2, 0) is 17.9 Å². The molecule has 92 valence electrons. The van der Waals surface area contributed by atoms with Crippen molar-refractivity contribution >= 4 is 33.9 Å². The SMILES string of the molecule is O[C@H](COCc1cccs1)Cn1ccnc1I. The number of aliphatic hydroxyl groups is 1. The molecule has 4 nitrogen and oxygen atoms in total. The molecule has 0 amide bonds. The second-order valence-corrected chi connectivity index (χ2v) is 5.59. The van der Waals surface area contributed by atoms with Crippen molar-refractivity contribution in [3.05, 3.63) is 38.6 Å².